The molecule has 1 aromatic carbocycles. The van der Waals surface area contributed by atoms with E-state index in [4.69, 9.17) is 14.5 Å². The van der Waals surface area contributed by atoms with Gasteiger partial charge >= 0.3 is 5.97 Å². The van der Waals surface area contributed by atoms with Crippen molar-refractivity contribution in [2.75, 3.05) is 45.8 Å². The second kappa shape index (κ2) is 26.7. The average molecular weight is 1130 g/mol. The molecule has 0 saturated carbocycles. The summed E-state index contributed by atoms with van der Waals surface area (Å²) in [4.78, 5) is 95.0. The minimum absolute atomic E-state index is 0.0162. The molecule has 2 aliphatic heterocycles. The van der Waals surface area contributed by atoms with Gasteiger partial charge in [0.15, 0.2) is 5.60 Å². The fourth-order valence-electron chi connectivity index (χ4n) is 9.66. The molecule has 2 unspecified atom stereocenters. The van der Waals surface area contributed by atoms with Crippen LogP contribution >= 0.6 is 0 Å². The highest BCUT2D eigenvalue weighted by molar-refractivity contribution is 7.90. The zero-order chi connectivity index (χ0) is 57.9. The molecular formula is C55H71FN12O11S. The molecule has 2 aliphatic rings. The summed E-state index contributed by atoms with van der Waals surface area (Å²) < 4.78 is 52.4. The normalized spacial score (nSPS) is 15.6. The van der Waals surface area contributed by atoms with E-state index in [1.165, 1.54) is 23.0 Å². The molecular weight excluding hydrogens is 1060 g/mol. The van der Waals surface area contributed by atoms with Gasteiger partial charge in [-0.15, -0.1) is 5.10 Å². The summed E-state index contributed by atoms with van der Waals surface area (Å²) in [5, 5.41) is 30.8. The Bertz CT molecular complexity index is 3310. The van der Waals surface area contributed by atoms with Gasteiger partial charge in [-0.3, -0.25) is 28.7 Å². The summed E-state index contributed by atoms with van der Waals surface area (Å²) in [6.45, 7) is 13.3. The minimum Gasteiger partial charge on any atom is -0.458 e. The Hall–Kier alpha value is -7.35. The molecule has 6 heterocycles. The van der Waals surface area contributed by atoms with Crippen LogP contribution < -0.4 is 26.8 Å². The molecule has 0 saturated heterocycles. The number of cyclic esters (lactones) is 1. The summed E-state index contributed by atoms with van der Waals surface area (Å²) in [5.74, 6) is -3.59. The third-order valence-corrected chi connectivity index (χ3v) is 15.3. The average Bonchev–Trinajstić information content (AvgIpc) is 4.06. The number of unbranched alkanes of at least 4 members (excludes halogenated alkanes) is 3. The lowest BCUT2D eigenvalue weighted by atomic mass is 9.86. The number of ether oxygens (including phenoxy) is 2. The Labute approximate surface area is 463 Å². The van der Waals surface area contributed by atoms with Gasteiger partial charge in [-0.2, -0.15) is 0 Å². The van der Waals surface area contributed by atoms with E-state index in [2.05, 4.69) is 60.3 Å². The van der Waals surface area contributed by atoms with Crippen molar-refractivity contribution in [3.8, 4) is 22.6 Å². The van der Waals surface area contributed by atoms with E-state index in [0.717, 1.165) is 32.3 Å². The summed E-state index contributed by atoms with van der Waals surface area (Å²) in [7, 11) is -3.54. The van der Waals surface area contributed by atoms with Gasteiger partial charge in [-0.05, 0) is 94.3 Å². The van der Waals surface area contributed by atoms with Gasteiger partial charge in [0, 0.05) is 59.8 Å². The Balaban J connectivity index is 0.902. The van der Waals surface area contributed by atoms with Crippen LogP contribution in [0, 0.1) is 18.7 Å². The minimum atomic E-state index is -3.54. The molecule has 0 bridgehead atoms. The lowest BCUT2D eigenvalue weighted by Crippen LogP contribution is -2.56. The fraction of sp³-hybridized carbons (Fsp3) is 0.509. The SMILES string of the molecule is CCN(CC)CCCCC(NC(=O)C(NC(=O)CCCCCn1cc(-c2cnc(S(C)(=O)=O)nc2)nn1)C(C)C)C(=O)NCC(=O)NCOC/C=C/c1c2c(nc3cc(F)c(C)cc13)-c1cc3c(c(=O)n1C2)COC(=O)[C@]3(O)CC. The monoisotopic (exact) mass is 1130 g/mol. The van der Waals surface area contributed by atoms with E-state index in [1.807, 2.05) is 0 Å². The number of fused-ring (bicyclic) bond motifs is 5. The predicted molar refractivity (Wildman–Crippen MR) is 293 cm³/mol. The van der Waals surface area contributed by atoms with Crippen molar-refractivity contribution < 1.29 is 51.4 Å². The number of carbonyl (C=O) groups is 5. The van der Waals surface area contributed by atoms with Crippen LogP contribution in [0.3, 0.4) is 0 Å². The molecule has 5 aromatic rings. The van der Waals surface area contributed by atoms with Crippen molar-refractivity contribution in [3.63, 3.8) is 0 Å². The largest absolute Gasteiger partial charge is 0.458 e. The summed E-state index contributed by atoms with van der Waals surface area (Å²) >= 11 is 0. The molecule has 4 amide bonds. The number of amides is 4. The molecule has 0 radical (unpaired) electrons. The third kappa shape index (κ3) is 14.3. The molecule has 25 heteroatoms. The second-order valence-corrected chi connectivity index (χ2v) is 22.3. The highest BCUT2D eigenvalue weighted by Crippen LogP contribution is 2.41. The van der Waals surface area contributed by atoms with Gasteiger partial charge in [-0.1, -0.05) is 58.4 Å². The second-order valence-electron chi connectivity index (χ2n) is 20.4. The lowest BCUT2D eigenvalue weighted by molar-refractivity contribution is -0.172. The fourth-order valence-corrected chi connectivity index (χ4v) is 10.1. The first kappa shape index (κ1) is 60.3. The number of pyridine rings is 2. The van der Waals surface area contributed by atoms with E-state index >= 15 is 0 Å². The molecule has 80 heavy (non-hydrogen) atoms. The Kier molecular flexibility index (Phi) is 20.2. The van der Waals surface area contributed by atoms with Crippen molar-refractivity contribution in [2.24, 2.45) is 5.92 Å². The number of carbonyl (C=O) groups excluding carboxylic acids is 5. The number of esters is 1. The first-order valence-electron chi connectivity index (χ1n) is 27.0. The van der Waals surface area contributed by atoms with Crippen LogP contribution in [0.4, 0.5) is 4.39 Å². The van der Waals surface area contributed by atoms with E-state index in [1.54, 1.807) is 62.9 Å². The van der Waals surface area contributed by atoms with Gasteiger partial charge in [0.05, 0.1) is 48.4 Å². The standard InChI is InChI=1S/C55H71FN12O11S/c1-8-55(75)40-24-45-49-38(29-68(45)52(73)39(40)31-79-53(55)74)36(37-23-34(6)41(56)25-43(37)61-49)17-16-22-78-32-60-47(70)28-57-50(71)42(18-13-15-20-66(9-2)10-3)62-51(72)48(33(4)5)63-46(69)19-12-11-14-21-67-30-44(64-65-67)35-26-58-54(59-27-35)80(7,76)77/h16-17,23-27,30,33,42,48,75H,8-15,18-22,28-29,31-32H2,1-7H3,(H,57,71)(H,60,70)(H,62,72)(H,63,69)/b17-16+/t42?,48?,55-/m0/s1. The van der Waals surface area contributed by atoms with Crippen molar-refractivity contribution in [2.45, 2.75) is 135 Å². The summed E-state index contributed by atoms with van der Waals surface area (Å²) in [6.07, 6.45) is 12.6. The number of nitrogens with zero attached hydrogens (tertiary/aromatic N) is 8. The van der Waals surface area contributed by atoms with E-state index in [-0.39, 0.29) is 67.4 Å². The van der Waals surface area contributed by atoms with E-state index in [0.29, 0.717) is 88.9 Å². The van der Waals surface area contributed by atoms with Gasteiger partial charge in [-0.25, -0.2) is 32.6 Å². The number of halogens is 1. The molecule has 4 aromatic heterocycles. The first-order valence-corrected chi connectivity index (χ1v) is 28.9. The Morgan fingerprint density at radius 3 is 2.41 bits per heavy atom. The zero-order valence-electron chi connectivity index (χ0n) is 46.3. The lowest BCUT2D eigenvalue weighted by Gasteiger charge is -2.31. The van der Waals surface area contributed by atoms with E-state index in [9.17, 15) is 46.7 Å². The van der Waals surface area contributed by atoms with Crippen molar-refractivity contribution in [1.29, 1.82) is 0 Å². The highest BCUT2D eigenvalue weighted by Gasteiger charge is 2.45. The Morgan fingerprint density at radius 2 is 1.71 bits per heavy atom. The topological polar surface area (TPSA) is 301 Å². The third-order valence-electron chi connectivity index (χ3n) is 14.4. The number of aryl methyl sites for hydroxylation is 2. The van der Waals surface area contributed by atoms with Crippen LogP contribution in [-0.4, -0.2) is 140 Å². The van der Waals surface area contributed by atoms with Gasteiger partial charge in [0.1, 0.15) is 36.9 Å². The zero-order valence-corrected chi connectivity index (χ0v) is 47.1. The number of benzene rings is 1. The number of rotatable bonds is 28. The number of nitrogens with one attached hydrogen (secondary N) is 4. The molecule has 3 atom stereocenters. The van der Waals surface area contributed by atoms with Crippen LogP contribution in [0.25, 0.3) is 39.6 Å². The smallest absolute Gasteiger partial charge is 0.343 e. The molecule has 0 fully saturated rings. The van der Waals surface area contributed by atoms with Crippen molar-refractivity contribution in [1.82, 2.24) is 60.7 Å². The van der Waals surface area contributed by atoms with Gasteiger partial charge in [0.2, 0.25) is 38.6 Å². The number of sulfone groups is 1. The van der Waals surface area contributed by atoms with Gasteiger partial charge < -0.3 is 45.3 Å². The van der Waals surface area contributed by atoms with Crippen molar-refractivity contribution in [3.05, 3.63) is 86.9 Å². The number of hydrogen-bond acceptors (Lipinski definition) is 17. The maximum absolute atomic E-state index is 15.0. The number of aromatic nitrogens is 7. The summed E-state index contributed by atoms with van der Waals surface area (Å²) in [5.41, 5.74) is 1.67. The molecule has 0 spiro atoms. The number of hydrogen-bond donors (Lipinski definition) is 5. The van der Waals surface area contributed by atoms with Crippen LogP contribution in [0.1, 0.15) is 114 Å². The quantitative estimate of drug-likeness (QED) is 0.0203. The van der Waals surface area contributed by atoms with Crippen LogP contribution in [0.5, 0.6) is 0 Å². The predicted octanol–water partition coefficient (Wildman–Crippen LogP) is 3.60. The molecule has 23 nitrogen and oxygen atoms in total. The van der Waals surface area contributed by atoms with Crippen LogP contribution in [0.15, 0.2) is 52.8 Å². The number of aliphatic hydroxyl groups is 1. The Morgan fingerprint density at radius 1 is 0.963 bits per heavy atom. The first-order chi connectivity index (χ1) is 38.2. The van der Waals surface area contributed by atoms with Gasteiger partial charge in [0.25, 0.3) is 5.56 Å². The summed E-state index contributed by atoms with van der Waals surface area (Å²) in [6, 6.07) is 2.65. The van der Waals surface area contributed by atoms with Crippen LogP contribution in [-0.2, 0) is 68.6 Å². The highest BCUT2D eigenvalue weighted by atomic mass is 32.2. The molecule has 7 rings (SSSR count). The maximum atomic E-state index is 15.0. The maximum Gasteiger partial charge on any atom is 0.343 e. The van der Waals surface area contributed by atoms with Crippen molar-refractivity contribution >= 4 is 56.4 Å². The van der Waals surface area contributed by atoms with E-state index < -0.39 is 69.1 Å². The molecule has 0 aliphatic carbocycles. The van der Waals surface area contributed by atoms with Crippen LogP contribution in [0.2, 0.25) is 0 Å². The molecule has 430 valence electrons. The molecule has 5 N–H and O–H groups in total.